The molecule has 1 aliphatic heterocycles. The smallest absolute Gasteiger partial charge is 0.224 e. The number of H-pyrrole nitrogens is 1. The Hall–Kier alpha value is -3.07. The average molecular weight is 464 g/mol. The highest BCUT2D eigenvalue weighted by Gasteiger charge is 2.25. The van der Waals surface area contributed by atoms with Crippen LogP contribution in [0.25, 0.3) is 0 Å². The lowest BCUT2D eigenvalue weighted by Crippen LogP contribution is -2.30. The number of benzene rings is 1. The van der Waals surface area contributed by atoms with Crippen LogP contribution >= 0.6 is 11.8 Å². The van der Waals surface area contributed by atoms with Crippen molar-refractivity contribution in [3.63, 3.8) is 0 Å². The lowest BCUT2D eigenvalue weighted by atomic mass is 10.1. The van der Waals surface area contributed by atoms with E-state index in [1.807, 2.05) is 37.3 Å². The Labute approximate surface area is 198 Å². The zero-order chi connectivity index (χ0) is 22.6. The Kier molecular flexibility index (Phi) is 6.48. The average Bonchev–Trinajstić information content (AvgIpc) is 3.59. The normalized spacial score (nSPS) is 16.0. The molecule has 0 spiro atoms. The van der Waals surface area contributed by atoms with E-state index in [1.165, 1.54) is 49.6 Å². The fourth-order valence-electron chi connectivity index (χ4n) is 3.90. The third kappa shape index (κ3) is 5.65. The number of carbonyl (C=O) groups excluding carboxylic acids is 1. The number of hydrogen-bond acceptors (Lipinski definition) is 7. The van der Waals surface area contributed by atoms with Crippen molar-refractivity contribution in [1.29, 1.82) is 0 Å². The zero-order valence-electron chi connectivity index (χ0n) is 18.8. The monoisotopic (exact) mass is 463 g/mol. The summed E-state index contributed by atoms with van der Waals surface area (Å²) in [5.41, 5.74) is 1.98. The molecular weight excluding hydrogens is 434 g/mol. The van der Waals surface area contributed by atoms with E-state index in [-0.39, 0.29) is 5.91 Å². The third-order valence-electron chi connectivity index (χ3n) is 5.91. The highest BCUT2D eigenvalue weighted by Crippen LogP contribution is 2.39. The first-order chi connectivity index (χ1) is 16.2. The van der Waals surface area contributed by atoms with E-state index in [0.29, 0.717) is 17.5 Å². The molecule has 0 atom stereocenters. The Morgan fingerprint density at radius 3 is 2.61 bits per heavy atom. The van der Waals surface area contributed by atoms with Crippen molar-refractivity contribution < 1.29 is 4.79 Å². The van der Waals surface area contributed by atoms with Crippen molar-refractivity contribution >= 4 is 40.8 Å². The van der Waals surface area contributed by atoms with Gasteiger partial charge >= 0.3 is 0 Å². The lowest BCUT2D eigenvalue weighted by Gasteiger charge is -2.28. The molecule has 1 saturated carbocycles. The van der Waals surface area contributed by atoms with Crippen LogP contribution in [-0.4, -0.2) is 39.2 Å². The molecule has 2 fully saturated rings. The van der Waals surface area contributed by atoms with Crippen molar-refractivity contribution in [2.24, 2.45) is 0 Å². The number of anilines is 4. The number of amides is 1. The molecule has 2 aromatic heterocycles. The van der Waals surface area contributed by atoms with Gasteiger partial charge in [0, 0.05) is 53.8 Å². The van der Waals surface area contributed by atoms with Gasteiger partial charge in [0.15, 0.2) is 11.0 Å². The summed E-state index contributed by atoms with van der Waals surface area (Å²) in [5, 5.41) is 14.5. The van der Waals surface area contributed by atoms with Gasteiger partial charge in [-0.05, 0) is 68.1 Å². The Morgan fingerprint density at radius 1 is 1.09 bits per heavy atom. The molecule has 0 unspecified atom stereocenters. The molecule has 3 aromatic rings. The molecular formula is C24H29N7OS. The fraction of sp³-hybridized carbons (Fsp3) is 0.417. The van der Waals surface area contributed by atoms with Crippen LogP contribution in [0.1, 0.15) is 57.1 Å². The van der Waals surface area contributed by atoms with E-state index in [4.69, 9.17) is 9.97 Å². The fourth-order valence-corrected chi connectivity index (χ4v) is 4.67. The number of piperidine rings is 1. The van der Waals surface area contributed by atoms with Crippen molar-refractivity contribution in [2.75, 3.05) is 28.6 Å². The largest absolute Gasteiger partial charge is 0.356 e. The van der Waals surface area contributed by atoms with Crippen LogP contribution in [0.2, 0.25) is 0 Å². The van der Waals surface area contributed by atoms with E-state index in [2.05, 4.69) is 31.8 Å². The molecule has 3 N–H and O–H groups in total. The highest BCUT2D eigenvalue weighted by molar-refractivity contribution is 7.99. The predicted molar refractivity (Wildman–Crippen MR) is 131 cm³/mol. The number of rotatable bonds is 8. The predicted octanol–water partition coefficient (Wildman–Crippen LogP) is 5.31. The SMILES string of the molecule is CCC(=O)Nc1ccc(Sc2nc(Nc3cc(C4CC4)[nH]n3)cc(N3CCCCC3)n2)cc1. The highest BCUT2D eigenvalue weighted by atomic mass is 32.2. The van der Waals surface area contributed by atoms with Crippen molar-refractivity contribution in [2.45, 2.75) is 61.4 Å². The number of aromatic nitrogens is 4. The Balaban J connectivity index is 1.36. The summed E-state index contributed by atoms with van der Waals surface area (Å²) in [6.07, 6.45) is 6.56. The summed E-state index contributed by atoms with van der Waals surface area (Å²) in [4.78, 5) is 24.6. The molecule has 1 aliphatic carbocycles. The van der Waals surface area contributed by atoms with E-state index in [0.717, 1.165) is 41.1 Å². The van der Waals surface area contributed by atoms with E-state index >= 15 is 0 Å². The Morgan fingerprint density at radius 2 is 1.88 bits per heavy atom. The van der Waals surface area contributed by atoms with Crippen LogP contribution in [0.15, 0.2) is 46.5 Å². The van der Waals surface area contributed by atoms with Crippen LogP contribution in [0.3, 0.4) is 0 Å². The van der Waals surface area contributed by atoms with Gasteiger partial charge in [-0.1, -0.05) is 6.92 Å². The zero-order valence-corrected chi connectivity index (χ0v) is 19.6. The van der Waals surface area contributed by atoms with Crippen molar-refractivity contribution in [1.82, 2.24) is 20.2 Å². The molecule has 172 valence electrons. The minimum Gasteiger partial charge on any atom is -0.356 e. The van der Waals surface area contributed by atoms with E-state index in [9.17, 15) is 4.79 Å². The first-order valence-corrected chi connectivity index (χ1v) is 12.5. The minimum absolute atomic E-state index is 0.00638. The van der Waals surface area contributed by atoms with Gasteiger partial charge in [-0.15, -0.1) is 0 Å². The molecule has 33 heavy (non-hydrogen) atoms. The standard InChI is InChI=1S/C24H29N7OS/c1-2-23(32)25-17-8-10-18(11-9-17)33-24-27-20(15-22(28-24)31-12-4-3-5-13-31)26-21-14-19(29-30-21)16-6-7-16/h8-11,14-16H,2-7,12-13H2,1H3,(H,25,32)(H2,26,27,28,29,30). The summed E-state index contributed by atoms with van der Waals surface area (Å²) in [7, 11) is 0. The van der Waals surface area contributed by atoms with Crippen molar-refractivity contribution in [3.8, 4) is 0 Å². The van der Waals surface area contributed by atoms with Gasteiger partial charge in [0.05, 0.1) is 0 Å². The molecule has 8 nitrogen and oxygen atoms in total. The van der Waals surface area contributed by atoms with Crippen molar-refractivity contribution in [3.05, 3.63) is 42.1 Å². The number of aromatic amines is 1. The van der Waals surface area contributed by atoms with Crippen LogP contribution in [-0.2, 0) is 4.79 Å². The molecule has 3 heterocycles. The van der Waals surface area contributed by atoms with Gasteiger partial charge in [-0.25, -0.2) is 9.97 Å². The molecule has 5 rings (SSSR count). The number of hydrogen-bond donors (Lipinski definition) is 3. The van der Waals surface area contributed by atoms with Gasteiger partial charge in [-0.3, -0.25) is 9.89 Å². The molecule has 2 aliphatic rings. The first-order valence-electron chi connectivity index (χ1n) is 11.7. The molecule has 1 amide bonds. The topological polar surface area (TPSA) is 98.8 Å². The molecule has 1 aromatic carbocycles. The first kappa shape index (κ1) is 21.8. The van der Waals surface area contributed by atoms with Gasteiger partial charge in [0.1, 0.15) is 11.6 Å². The minimum atomic E-state index is 0.00638. The lowest BCUT2D eigenvalue weighted by molar-refractivity contribution is -0.115. The summed E-state index contributed by atoms with van der Waals surface area (Å²) >= 11 is 1.51. The van der Waals surface area contributed by atoms with Gasteiger partial charge in [0.2, 0.25) is 5.91 Å². The molecule has 0 radical (unpaired) electrons. The molecule has 0 bridgehead atoms. The maximum atomic E-state index is 11.6. The molecule has 1 saturated heterocycles. The summed E-state index contributed by atoms with van der Waals surface area (Å²) in [5.74, 6) is 3.10. The third-order valence-corrected chi connectivity index (χ3v) is 6.78. The maximum Gasteiger partial charge on any atom is 0.224 e. The molecule has 9 heteroatoms. The number of nitrogens with zero attached hydrogens (tertiary/aromatic N) is 4. The van der Waals surface area contributed by atoms with E-state index in [1.54, 1.807) is 0 Å². The van der Waals surface area contributed by atoms with Gasteiger partial charge in [0.25, 0.3) is 0 Å². The van der Waals surface area contributed by atoms with Crippen LogP contribution in [0.5, 0.6) is 0 Å². The van der Waals surface area contributed by atoms with Gasteiger partial charge < -0.3 is 15.5 Å². The second kappa shape index (κ2) is 9.82. The van der Waals surface area contributed by atoms with Crippen LogP contribution < -0.4 is 15.5 Å². The number of carbonyl (C=O) groups is 1. The maximum absolute atomic E-state index is 11.6. The van der Waals surface area contributed by atoms with Crippen LogP contribution in [0.4, 0.5) is 23.1 Å². The van der Waals surface area contributed by atoms with Crippen LogP contribution in [0, 0.1) is 0 Å². The summed E-state index contributed by atoms with van der Waals surface area (Å²) in [6, 6.07) is 11.9. The van der Waals surface area contributed by atoms with E-state index < -0.39 is 0 Å². The Bertz CT molecular complexity index is 1100. The summed E-state index contributed by atoms with van der Waals surface area (Å²) < 4.78 is 0. The number of nitrogens with one attached hydrogen (secondary N) is 3. The quantitative estimate of drug-likeness (QED) is 0.389. The van der Waals surface area contributed by atoms with Gasteiger partial charge in [-0.2, -0.15) is 5.10 Å². The second-order valence-corrected chi connectivity index (χ2v) is 9.62. The second-order valence-electron chi connectivity index (χ2n) is 8.58. The summed E-state index contributed by atoms with van der Waals surface area (Å²) in [6.45, 7) is 3.87.